The van der Waals surface area contributed by atoms with E-state index in [0.29, 0.717) is 11.3 Å². The van der Waals surface area contributed by atoms with Crippen LogP contribution in [-0.4, -0.2) is 18.4 Å². The van der Waals surface area contributed by atoms with Gasteiger partial charge in [-0.3, -0.25) is 20.4 Å². The zero-order valence-corrected chi connectivity index (χ0v) is 15.9. The van der Waals surface area contributed by atoms with Gasteiger partial charge in [-0.25, -0.2) is 0 Å². The molecule has 5 nitrogen and oxygen atoms in total. The topological polar surface area (TPSA) is 67.4 Å². The fourth-order valence-electron chi connectivity index (χ4n) is 2.80. The highest BCUT2D eigenvalue weighted by molar-refractivity contribution is 5.96. The highest BCUT2D eigenvalue weighted by atomic mass is 16.5. The number of hydrogen-bond donors (Lipinski definition) is 2. The average Bonchev–Trinajstić information content (AvgIpc) is 2.73. The maximum absolute atomic E-state index is 12.3. The van der Waals surface area contributed by atoms with E-state index in [1.54, 1.807) is 6.07 Å². The van der Waals surface area contributed by atoms with Crippen molar-refractivity contribution >= 4 is 11.8 Å². The van der Waals surface area contributed by atoms with E-state index in [1.165, 1.54) is 0 Å². The predicted molar refractivity (Wildman–Crippen MR) is 109 cm³/mol. The van der Waals surface area contributed by atoms with Crippen LogP contribution in [0.1, 0.15) is 21.5 Å². The van der Waals surface area contributed by atoms with Gasteiger partial charge in [0.25, 0.3) is 11.8 Å². The molecule has 3 aromatic rings. The third-order valence-corrected chi connectivity index (χ3v) is 4.28. The summed E-state index contributed by atoms with van der Waals surface area (Å²) in [5, 5.41) is 0. The second-order valence-electron chi connectivity index (χ2n) is 6.47. The molecule has 2 N–H and O–H groups in total. The minimum Gasteiger partial charge on any atom is -0.483 e. The van der Waals surface area contributed by atoms with Crippen LogP contribution in [0.2, 0.25) is 0 Å². The van der Waals surface area contributed by atoms with Crippen molar-refractivity contribution in [1.29, 1.82) is 0 Å². The van der Waals surface area contributed by atoms with Gasteiger partial charge in [-0.05, 0) is 37.1 Å². The first-order valence-electron chi connectivity index (χ1n) is 8.98. The summed E-state index contributed by atoms with van der Waals surface area (Å²) in [6.45, 7) is 3.55. The van der Waals surface area contributed by atoms with Crippen molar-refractivity contribution in [3.05, 3.63) is 89.5 Å². The Morgan fingerprint density at radius 3 is 2.36 bits per heavy atom. The molecule has 0 aliphatic rings. The average molecular weight is 374 g/mol. The molecule has 3 aromatic carbocycles. The van der Waals surface area contributed by atoms with Crippen LogP contribution in [0.25, 0.3) is 11.1 Å². The van der Waals surface area contributed by atoms with Gasteiger partial charge in [0.05, 0.1) is 0 Å². The summed E-state index contributed by atoms with van der Waals surface area (Å²) in [6.07, 6.45) is 0. The minimum absolute atomic E-state index is 0.211. The lowest BCUT2D eigenvalue weighted by Gasteiger charge is -2.13. The highest BCUT2D eigenvalue weighted by Crippen LogP contribution is 2.29. The molecule has 28 heavy (non-hydrogen) atoms. The highest BCUT2D eigenvalue weighted by Gasteiger charge is 2.12. The van der Waals surface area contributed by atoms with Crippen LogP contribution < -0.4 is 15.6 Å². The Morgan fingerprint density at radius 2 is 1.57 bits per heavy atom. The van der Waals surface area contributed by atoms with Crippen LogP contribution in [0, 0.1) is 13.8 Å². The molecular weight excluding hydrogens is 352 g/mol. The maximum atomic E-state index is 12.3. The summed E-state index contributed by atoms with van der Waals surface area (Å²) in [6, 6.07) is 22.9. The zero-order chi connectivity index (χ0) is 19.9. The second kappa shape index (κ2) is 8.86. The molecule has 2 amide bonds. The fourth-order valence-corrected chi connectivity index (χ4v) is 2.80. The first-order valence-corrected chi connectivity index (χ1v) is 8.98. The van der Waals surface area contributed by atoms with Crippen molar-refractivity contribution in [2.75, 3.05) is 6.61 Å². The van der Waals surface area contributed by atoms with E-state index < -0.39 is 5.91 Å². The molecule has 0 radical (unpaired) electrons. The molecular formula is C23H22N2O3. The Bertz CT molecular complexity index is 984. The predicted octanol–water partition coefficient (Wildman–Crippen LogP) is 3.81. The first-order chi connectivity index (χ1) is 13.5. The Labute approximate surface area is 164 Å². The normalized spacial score (nSPS) is 10.2. The van der Waals surface area contributed by atoms with Gasteiger partial charge in [0.1, 0.15) is 5.75 Å². The molecule has 0 saturated heterocycles. The molecule has 0 fully saturated rings. The summed E-state index contributed by atoms with van der Waals surface area (Å²) in [5.41, 5.74) is 9.06. The van der Waals surface area contributed by atoms with E-state index in [-0.39, 0.29) is 12.5 Å². The van der Waals surface area contributed by atoms with Gasteiger partial charge in [-0.15, -0.1) is 0 Å². The van der Waals surface area contributed by atoms with Crippen molar-refractivity contribution in [2.24, 2.45) is 0 Å². The maximum Gasteiger partial charge on any atom is 0.276 e. The standard InChI is InChI=1S/C23H22N2O3/c1-16-12-13-17(2)20(14-16)23(27)25-24-22(26)15-28-21-11-7-6-10-19(21)18-8-4-3-5-9-18/h3-14H,15H2,1-2H3,(H,24,26)(H,25,27). The number of carbonyl (C=O) groups excluding carboxylic acids is 2. The molecule has 0 spiro atoms. The minimum atomic E-state index is -0.443. The van der Waals surface area contributed by atoms with Crippen LogP contribution in [0.3, 0.4) is 0 Å². The molecule has 5 heteroatoms. The third kappa shape index (κ3) is 4.76. The Hall–Kier alpha value is -3.60. The van der Waals surface area contributed by atoms with E-state index in [1.807, 2.05) is 80.6 Å². The summed E-state index contributed by atoms with van der Waals surface area (Å²) in [7, 11) is 0. The monoisotopic (exact) mass is 374 g/mol. The van der Waals surface area contributed by atoms with E-state index in [4.69, 9.17) is 4.74 Å². The van der Waals surface area contributed by atoms with Gasteiger partial charge in [-0.2, -0.15) is 0 Å². The number of rotatable bonds is 5. The first kappa shape index (κ1) is 19.2. The van der Waals surface area contributed by atoms with Gasteiger partial charge >= 0.3 is 0 Å². The number of aryl methyl sites for hydroxylation is 2. The van der Waals surface area contributed by atoms with Crippen molar-refractivity contribution in [3.63, 3.8) is 0 Å². The molecule has 0 saturated carbocycles. The Morgan fingerprint density at radius 1 is 0.857 bits per heavy atom. The number of amides is 2. The van der Waals surface area contributed by atoms with E-state index in [0.717, 1.165) is 22.3 Å². The summed E-state index contributed by atoms with van der Waals surface area (Å²) >= 11 is 0. The Balaban J connectivity index is 1.58. The third-order valence-electron chi connectivity index (χ3n) is 4.28. The number of ether oxygens (including phenoxy) is 1. The lowest BCUT2D eigenvalue weighted by atomic mass is 10.1. The summed E-state index contributed by atoms with van der Waals surface area (Å²) < 4.78 is 5.67. The second-order valence-corrected chi connectivity index (χ2v) is 6.47. The van der Waals surface area contributed by atoms with Crippen LogP contribution in [-0.2, 0) is 4.79 Å². The largest absolute Gasteiger partial charge is 0.483 e. The number of benzene rings is 3. The van der Waals surface area contributed by atoms with Gasteiger partial charge in [0.2, 0.25) is 0 Å². The van der Waals surface area contributed by atoms with Crippen molar-refractivity contribution in [2.45, 2.75) is 13.8 Å². The van der Waals surface area contributed by atoms with Crippen LogP contribution in [0.4, 0.5) is 0 Å². The molecule has 0 unspecified atom stereocenters. The lowest BCUT2D eigenvalue weighted by Crippen LogP contribution is -2.44. The lowest BCUT2D eigenvalue weighted by molar-refractivity contribution is -0.123. The molecule has 0 atom stereocenters. The molecule has 3 rings (SSSR count). The molecule has 0 aliphatic heterocycles. The molecule has 0 aromatic heterocycles. The zero-order valence-electron chi connectivity index (χ0n) is 15.9. The smallest absolute Gasteiger partial charge is 0.276 e. The van der Waals surface area contributed by atoms with E-state index in [2.05, 4.69) is 10.9 Å². The van der Waals surface area contributed by atoms with Crippen LogP contribution in [0.15, 0.2) is 72.8 Å². The number of hydrogen-bond acceptors (Lipinski definition) is 3. The van der Waals surface area contributed by atoms with Crippen LogP contribution in [0.5, 0.6) is 5.75 Å². The van der Waals surface area contributed by atoms with Gasteiger partial charge < -0.3 is 4.74 Å². The molecule has 0 bridgehead atoms. The molecule has 0 heterocycles. The van der Waals surface area contributed by atoms with Crippen molar-refractivity contribution < 1.29 is 14.3 Å². The van der Waals surface area contributed by atoms with Gasteiger partial charge in [0.15, 0.2) is 6.61 Å². The molecule has 0 aliphatic carbocycles. The quantitative estimate of drug-likeness (QED) is 0.668. The van der Waals surface area contributed by atoms with Gasteiger partial charge in [-0.1, -0.05) is 66.2 Å². The number of hydrazine groups is 1. The van der Waals surface area contributed by atoms with Crippen molar-refractivity contribution in [1.82, 2.24) is 10.9 Å². The van der Waals surface area contributed by atoms with Crippen molar-refractivity contribution in [3.8, 4) is 16.9 Å². The number of carbonyl (C=O) groups is 2. The summed E-state index contributed by atoms with van der Waals surface area (Å²) in [4.78, 5) is 24.4. The fraction of sp³-hybridized carbons (Fsp3) is 0.130. The number of nitrogens with one attached hydrogen (secondary N) is 2. The van der Waals surface area contributed by atoms with Gasteiger partial charge in [0, 0.05) is 11.1 Å². The van der Waals surface area contributed by atoms with Crippen LogP contribution >= 0.6 is 0 Å². The number of para-hydroxylation sites is 1. The van der Waals surface area contributed by atoms with E-state index >= 15 is 0 Å². The summed E-state index contributed by atoms with van der Waals surface area (Å²) in [5.74, 6) is -0.203. The molecule has 142 valence electrons. The SMILES string of the molecule is Cc1ccc(C)c(C(=O)NNC(=O)COc2ccccc2-c2ccccc2)c1. The van der Waals surface area contributed by atoms with E-state index in [9.17, 15) is 9.59 Å². The Kier molecular flexibility index (Phi) is 6.07.